The molecule has 0 spiro atoms. The zero-order valence-corrected chi connectivity index (χ0v) is 17.0. The monoisotopic (exact) mass is 440 g/mol. The maximum absolute atomic E-state index is 12.1. The maximum atomic E-state index is 12.1. The first-order valence-corrected chi connectivity index (χ1v) is 13.7. The number of methoxy groups -OCH3 is 1. The van der Waals surface area contributed by atoms with E-state index in [9.17, 15) is 9.59 Å². The highest BCUT2D eigenvalue weighted by atomic mass is 33.2. The molecule has 0 aliphatic carbocycles. The van der Waals surface area contributed by atoms with E-state index in [0.717, 1.165) is 11.5 Å². The van der Waals surface area contributed by atoms with Crippen molar-refractivity contribution in [3.63, 3.8) is 0 Å². The Morgan fingerprint density at radius 1 is 1.31 bits per heavy atom. The minimum Gasteiger partial charge on any atom is -0.346 e. The van der Waals surface area contributed by atoms with Gasteiger partial charge in [0.15, 0.2) is 10.9 Å². The molecule has 144 valence electrons. The van der Waals surface area contributed by atoms with Crippen molar-refractivity contribution in [1.29, 1.82) is 0 Å². The fourth-order valence-corrected chi connectivity index (χ4v) is 11.8. The number of aromatic amines is 1. The number of hydrogen-bond acceptors (Lipinski definition) is 10. The molecule has 3 saturated heterocycles. The smallest absolute Gasteiger partial charge is 0.330 e. The van der Waals surface area contributed by atoms with Crippen LogP contribution in [0.15, 0.2) is 21.9 Å². The van der Waals surface area contributed by atoms with E-state index in [1.807, 2.05) is 0 Å². The standard InChI is InChI=1S/C13H17N2O7PS3/c1-18-13-21-9-7(6-19-23(24)25-4-5-26-23)20-11(10(9)22-13)15-3-2-8(16)14-12(15)17/h2-3,7,9-11,13H,4-6H2,1H3,(H,14,16,17)/t7-,9?,10?,11-,13?/m1/s1. The Morgan fingerprint density at radius 2 is 2.04 bits per heavy atom. The number of nitrogens with one attached hydrogen (secondary N) is 1. The summed E-state index contributed by atoms with van der Waals surface area (Å²) < 4.78 is 27.9. The first-order chi connectivity index (χ1) is 12.5. The van der Waals surface area contributed by atoms with E-state index >= 15 is 0 Å². The van der Waals surface area contributed by atoms with Gasteiger partial charge in [-0.25, -0.2) is 4.79 Å². The molecule has 3 aliphatic heterocycles. The summed E-state index contributed by atoms with van der Waals surface area (Å²) in [5.41, 5.74) is -1.06. The second kappa shape index (κ2) is 7.69. The van der Waals surface area contributed by atoms with Crippen LogP contribution in [0.2, 0.25) is 0 Å². The minimum absolute atomic E-state index is 0.243. The van der Waals surface area contributed by atoms with E-state index in [2.05, 4.69) is 4.98 Å². The number of rotatable bonds is 5. The Balaban J connectivity index is 1.55. The molecule has 4 heterocycles. The van der Waals surface area contributed by atoms with E-state index in [1.54, 1.807) is 22.8 Å². The molecule has 0 amide bonds. The van der Waals surface area contributed by atoms with Gasteiger partial charge >= 0.3 is 5.69 Å². The third kappa shape index (κ3) is 3.71. The molecule has 1 aromatic heterocycles. The molecular formula is C13H17N2O7PS3. The zero-order chi connectivity index (χ0) is 18.3. The van der Waals surface area contributed by atoms with Crippen LogP contribution in [0.5, 0.6) is 0 Å². The summed E-state index contributed by atoms with van der Waals surface area (Å²) in [5, 5.41) is 0. The number of H-pyrrole nitrogens is 1. The van der Waals surface area contributed by atoms with Gasteiger partial charge in [-0.05, 0) is 11.8 Å². The van der Waals surface area contributed by atoms with Crippen molar-refractivity contribution < 1.29 is 23.5 Å². The van der Waals surface area contributed by atoms with E-state index in [4.69, 9.17) is 35.3 Å². The van der Waals surface area contributed by atoms with Gasteiger partial charge < -0.3 is 23.5 Å². The molecule has 0 aromatic carbocycles. The van der Waals surface area contributed by atoms with Crippen LogP contribution in [0.25, 0.3) is 0 Å². The Hall–Kier alpha value is -0.170. The van der Waals surface area contributed by atoms with Gasteiger partial charge in [-0.3, -0.25) is 14.3 Å². The number of aromatic nitrogens is 2. The molecule has 0 radical (unpaired) electrons. The van der Waals surface area contributed by atoms with E-state index < -0.39 is 46.9 Å². The van der Waals surface area contributed by atoms with E-state index in [1.165, 1.54) is 23.9 Å². The van der Waals surface area contributed by atoms with Gasteiger partial charge in [0.2, 0.25) is 0 Å². The molecular weight excluding hydrogens is 423 g/mol. The van der Waals surface area contributed by atoms with Crippen LogP contribution < -0.4 is 11.2 Å². The summed E-state index contributed by atoms with van der Waals surface area (Å²) in [4.78, 5) is 25.7. The molecule has 1 N–H and O–H groups in total. The van der Waals surface area contributed by atoms with Gasteiger partial charge in [0.25, 0.3) is 12.0 Å². The Kier molecular flexibility index (Phi) is 5.66. The van der Waals surface area contributed by atoms with Crippen LogP contribution in [-0.4, -0.2) is 59.6 Å². The summed E-state index contributed by atoms with van der Waals surface area (Å²) >= 11 is 8.95. The summed E-state index contributed by atoms with van der Waals surface area (Å²) in [6, 6.07) is 1.25. The largest absolute Gasteiger partial charge is 0.346 e. The lowest BCUT2D eigenvalue weighted by Gasteiger charge is -2.22. The summed E-state index contributed by atoms with van der Waals surface area (Å²) in [5.74, 6) is 1.97. The third-order valence-electron chi connectivity index (χ3n) is 4.12. The van der Waals surface area contributed by atoms with Crippen LogP contribution >= 0.6 is 27.4 Å². The Morgan fingerprint density at radius 3 is 2.73 bits per heavy atom. The molecule has 0 saturated carbocycles. The van der Waals surface area contributed by atoms with Crippen molar-refractivity contribution in [2.24, 2.45) is 0 Å². The van der Waals surface area contributed by atoms with Crippen LogP contribution in [0.3, 0.4) is 0 Å². The van der Waals surface area contributed by atoms with Gasteiger partial charge in [0.1, 0.15) is 18.3 Å². The predicted molar refractivity (Wildman–Crippen MR) is 101 cm³/mol. The van der Waals surface area contributed by atoms with Gasteiger partial charge in [-0.2, -0.15) is 0 Å². The fourth-order valence-electron chi connectivity index (χ4n) is 2.98. The lowest BCUT2D eigenvalue weighted by atomic mass is 10.1. The lowest BCUT2D eigenvalue weighted by Crippen LogP contribution is -2.36. The highest BCUT2D eigenvalue weighted by Crippen LogP contribution is 2.74. The van der Waals surface area contributed by atoms with Crippen molar-refractivity contribution in [2.45, 2.75) is 31.0 Å². The number of fused-ring (bicyclic) bond motifs is 1. The molecule has 3 aliphatic rings. The molecule has 3 unspecified atom stereocenters. The average molecular weight is 440 g/mol. The molecule has 1 aromatic rings. The van der Waals surface area contributed by atoms with E-state index in [0.29, 0.717) is 0 Å². The average Bonchev–Trinajstić information content (AvgIpc) is 3.29. The maximum Gasteiger partial charge on any atom is 0.330 e. The first-order valence-electron chi connectivity index (χ1n) is 7.83. The second-order valence-corrected chi connectivity index (χ2v) is 16.5. The van der Waals surface area contributed by atoms with Crippen molar-refractivity contribution in [1.82, 2.24) is 9.55 Å². The SMILES string of the molecule is COC1OC2C(O1)[C@@H](COP1(=S)SCCS1)O[C@H]2n1ccc(=O)[nH]c1=O. The van der Waals surface area contributed by atoms with Crippen LogP contribution in [0.1, 0.15) is 6.23 Å². The zero-order valence-electron chi connectivity index (χ0n) is 13.6. The highest BCUT2D eigenvalue weighted by molar-refractivity contribution is 9.00. The Labute approximate surface area is 161 Å². The second-order valence-electron chi connectivity index (χ2n) is 5.72. The topological polar surface area (TPSA) is 101 Å². The predicted octanol–water partition coefficient (Wildman–Crippen LogP) is 0.869. The minimum atomic E-state index is -1.95. The number of ether oxygens (including phenoxy) is 4. The van der Waals surface area contributed by atoms with Gasteiger partial charge in [0, 0.05) is 30.9 Å². The van der Waals surface area contributed by atoms with Crippen LogP contribution in [0.4, 0.5) is 0 Å². The molecule has 26 heavy (non-hydrogen) atoms. The molecule has 5 atom stereocenters. The third-order valence-corrected chi connectivity index (χ3v) is 14.0. The van der Waals surface area contributed by atoms with Crippen molar-refractivity contribution in [3.05, 3.63) is 33.1 Å². The highest BCUT2D eigenvalue weighted by Gasteiger charge is 2.54. The van der Waals surface area contributed by atoms with Crippen molar-refractivity contribution in [2.75, 3.05) is 25.2 Å². The van der Waals surface area contributed by atoms with Crippen LogP contribution in [-0.2, 0) is 35.3 Å². The van der Waals surface area contributed by atoms with Crippen LogP contribution in [0, 0.1) is 0 Å². The summed E-state index contributed by atoms with van der Waals surface area (Å²) in [6.07, 6.45) is -0.893. The van der Waals surface area contributed by atoms with Gasteiger partial charge in [0.05, 0.1) is 6.61 Å². The van der Waals surface area contributed by atoms with Gasteiger partial charge in [-0.15, -0.1) is 0 Å². The number of nitrogens with zero attached hydrogens (tertiary/aromatic N) is 1. The van der Waals surface area contributed by atoms with Crippen molar-refractivity contribution in [3.8, 4) is 0 Å². The summed E-state index contributed by atoms with van der Waals surface area (Å²) in [6.45, 7) is -0.604. The fraction of sp³-hybridized carbons (Fsp3) is 0.692. The molecule has 13 heteroatoms. The van der Waals surface area contributed by atoms with E-state index in [-0.39, 0.29) is 6.61 Å². The molecule has 0 bridgehead atoms. The lowest BCUT2D eigenvalue weighted by molar-refractivity contribution is -0.256. The quantitative estimate of drug-likeness (QED) is 0.664. The van der Waals surface area contributed by atoms with Gasteiger partial charge in [-0.1, -0.05) is 22.8 Å². The van der Waals surface area contributed by atoms with Crippen molar-refractivity contribution >= 4 is 39.2 Å². The molecule has 4 rings (SSSR count). The molecule has 3 fully saturated rings. The first kappa shape index (κ1) is 19.2. The normalized spacial score (nSPS) is 35.7. The Bertz CT molecular complexity index is 822. The number of hydrogen-bond donors (Lipinski definition) is 1. The molecule has 9 nitrogen and oxygen atoms in total. The summed E-state index contributed by atoms with van der Waals surface area (Å²) in [7, 11) is 1.47.